The Kier molecular flexibility index (Phi) is 5.36. The van der Waals surface area contributed by atoms with E-state index in [2.05, 4.69) is 5.32 Å². The SMILES string of the molecule is CCN(CC)S(=O)(=O)c1ccc(C(=O)Nc2ccc3c(c2)OC(C)(C)O3)cc1. The van der Waals surface area contributed by atoms with Crippen LogP contribution in [-0.2, 0) is 10.0 Å². The Morgan fingerprint density at radius 3 is 2.21 bits per heavy atom. The van der Waals surface area contributed by atoms with Gasteiger partial charge in [0, 0.05) is 44.3 Å². The van der Waals surface area contributed by atoms with Crippen molar-refractivity contribution in [2.45, 2.75) is 38.4 Å². The van der Waals surface area contributed by atoms with Gasteiger partial charge in [0.2, 0.25) is 15.8 Å². The smallest absolute Gasteiger partial charge is 0.255 e. The number of nitrogens with zero attached hydrogens (tertiary/aromatic N) is 1. The molecule has 0 unspecified atom stereocenters. The zero-order valence-electron chi connectivity index (χ0n) is 16.4. The van der Waals surface area contributed by atoms with E-state index in [1.165, 1.54) is 28.6 Å². The molecule has 1 aliphatic rings. The molecule has 0 aromatic heterocycles. The van der Waals surface area contributed by atoms with Crippen molar-refractivity contribution in [1.82, 2.24) is 4.31 Å². The number of nitrogens with one attached hydrogen (secondary N) is 1. The van der Waals surface area contributed by atoms with Crippen LogP contribution in [0.4, 0.5) is 5.69 Å². The van der Waals surface area contributed by atoms with E-state index in [-0.39, 0.29) is 10.8 Å². The van der Waals surface area contributed by atoms with Crippen molar-refractivity contribution in [3.05, 3.63) is 48.0 Å². The van der Waals surface area contributed by atoms with Gasteiger partial charge in [0.05, 0.1) is 4.90 Å². The summed E-state index contributed by atoms with van der Waals surface area (Å²) in [7, 11) is -3.55. The van der Waals surface area contributed by atoms with Crippen LogP contribution in [0.5, 0.6) is 11.5 Å². The van der Waals surface area contributed by atoms with Crippen molar-refractivity contribution in [2.75, 3.05) is 18.4 Å². The summed E-state index contributed by atoms with van der Waals surface area (Å²) in [6, 6.07) is 11.1. The molecule has 150 valence electrons. The van der Waals surface area contributed by atoms with Crippen molar-refractivity contribution < 1.29 is 22.7 Å². The zero-order valence-corrected chi connectivity index (χ0v) is 17.2. The maximum Gasteiger partial charge on any atom is 0.255 e. The van der Waals surface area contributed by atoms with E-state index >= 15 is 0 Å². The first-order valence-electron chi connectivity index (χ1n) is 9.10. The van der Waals surface area contributed by atoms with Gasteiger partial charge in [-0.15, -0.1) is 0 Å². The molecule has 1 heterocycles. The molecule has 0 atom stereocenters. The monoisotopic (exact) mass is 404 g/mol. The summed E-state index contributed by atoms with van der Waals surface area (Å²) >= 11 is 0. The molecule has 0 saturated carbocycles. The average molecular weight is 404 g/mol. The fourth-order valence-corrected chi connectivity index (χ4v) is 4.45. The summed E-state index contributed by atoms with van der Waals surface area (Å²) in [6.45, 7) is 7.97. The average Bonchev–Trinajstić information content (AvgIpc) is 2.95. The number of sulfonamides is 1. The van der Waals surface area contributed by atoms with E-state index < -0.39 is 15.8 Å². The number of carbonyl (C=O) groups excluding carboxylic acids is 1. The summed E-state index contributed by atoms with van der Waals surface area (Å²) in [5.74, 6) is 0.0966. The van der Waals surface area contributed by atoms with Gasteiger partial charge in [-0.1, -0.05) is 13.8 Å². The van der Waals surface area contributed by atoms with E-state index in [0.717, 1.165) is 0 Å². The van der Waals surface area contributed by atoms with Crippen molar-refractivity contribution in [3.8, 4) is 11.5 Å². The number of carbonyl (C=O) groups is 1. The highest BCUT2D eigenvalue weighted by atomic mass is 32.2. The van der Waals surface area contributed by atoms with Gasteiger partial charge in [0.15, 0.2) is 11.5 Å². The summed E-state index contributed by atoms with van der Waals surface area (Å²) in [5.41, 5.74) is 0.918. The second kappa shape index (κ2) is 7.44. The molecule has 28 heavy (non-hydrogen) atoms. The largest absolute Gasteiger partial charge is 0.449 e. The van der Waals surface area contributed by atoms with E-state index in [4.69, 9.17) is 9.47 Å². The van der Waals surface area contributed by atoms with Gasteiger partial charge in [-0.25, -0.2) is 8.42 Å². The molecule has 0 spiro atoms. The normalized spacial score (nSPS) is 14.9. The van der Waals surface area contributed by atoms with Crippen LogP contribution in [0.1, 0.15) is 38.1 Å². The molecule has 0 saturated heterocycles. The lowest BCUT2D eigenvalue weighted by molar-refractivity contribution is -0.0431. The Morgan fingerprint density at radius 2 is 1.61 bits per heavy atom. The third-order valence-corrected chi connectivity index (χ3v) is 6.44. The number of anilines is 1. The van der Waals surface area contributed by atoms with Gasteiger partial charge in [0.25, 0.3) is 5.91 Å². The molecule has 0 radical (unpaired) electrons. The van der Waals surface area contributed by atoms with Crippen molar-refractivity contribution in [3.63, 3.8) is 0 Å². The molecule has 8 heteroatoms. The molecule has 1 amide bonds. The Labute approximate surface area is 165 Å². The summed E-state index contributed by atoms with van der Waals surface area (Å²) in [6.07, 6.45) is 0. The van der Waals surface area contributed by atoms with Crippen LogP contribution in [-0.4, -0.2) is 37.5 Å². The van der Waals surface area contributed by atoms with Crippen molar-refractivity contribution in [1.29, 1.82) is 0 Å². The van der Waals surface area contributed by atoms with E-state index in [9.17, 15) is 13.2 Å². The highest BCUT2D eigenvalue weighted by Crippen LogP contribution is 2.40. The Hall–Kier alpha value is -2.58. The lowest BCUT2D eigenvalue weighted by Crippen LogP contribution is -2.30. The first-order chi connectivity index (χ1) is 13.2. The number of amides is 1. The van der Waals surface area contributed by atoms with Gasteiger partial charge >= 0.3 is 0 Å². The van der Waals surface area contributed by atoms with Crippen molar-refractivity contribution in [2.24, 2.45) is 0 Å². The topological polar surface area (TPSA) is 84.9 Å². The number of benzene rings is 2. The fraction of sp³-hybridized carbons (Fsp3) is 0.350. The molecule has 0 fully saturated rings. The molecule has 1 N–H and O–H groups in total. The van der Waals surface area contributed by atoms with Crippen LogP contribution in [0.25, 0.3) is 0 Å². The number of hydrogen-bond acceptors (Lipinski definition) is 5. The van der Waals surface area contributed by atoms with Gasteiger partial charge in [-0.2, -0.15) is 4.31 Å². The van der Waals surface area contributed by atoms with Crippen LogP contribution in [0.3, 0.4) is 0 Å². The quantitative estimate of drug-likeness (QED) is 0.797. The maximum atomic E-state index is 12.5. The van der Waals surface area contributed by atoms with E-state index in [1.807, 2.05) is 0 Å². The van der Waals surface area contributed by atoms with Gasteiger partial charge in [-0.05, 0) is 36.4 Å². The van der Waals surface area contributed by atoms with Gasteiger partial charge in [-0.3, -0.25) is 4.79 Å². The lowest BCUT2D eigenvalue weighted by Gasteiger charge is -2.18. The van der Waals surface area contributed by atoms with Crippen LogP contribution < -0.4 is 14.8 Å². The molecule has 7 nitrogen and oxygen atoms in total. The molecular formula is C20H24N2O5S. The van der Waals surface area contributed by atoms with Gasteiger partial charge in [0.1, 0.15) is 0 Å². The third kappa shape index (κ3) is 3.98. The summed E-state index contributed by atoms with van der Waals surface area (Å²) in [5, 5.41) is 2.78. The second-order valence-corrected chi connectivity index (χ2v) is 8.77. The summed E-state index contributed by atoms with van der Waals surface area (Å²) in [4.78, 5) is 12.7. The second-order valence-electron chi connectivity index (χ2n) is 6.83. The van der Waals surface area contributed by atoms with Crippen LogP contribution >= 0.6 is 0 Å². The highest BCUT2D eigenvalue weighted by molar-refractivity contribution is 7.89. The minimum atomic E-state index is -3.55. The predicted molar refractivity (Wildman–Crippen MR) is 106 cm³/mol. The molecular weight excluding hydrogens is 380 g/mol. The first kappa shape index (κ1) is 20.2. The van der Waals surface area contributed by atoms with Crippen LogP contribution in [0.2, 0.25) is 0 Å². The summed E-state index contributed by atoms with van der Waals surface area (Å²) < 4.78 is 37.7. The minimum absolute atomic E-state index is 0.165. The van der Waals surface area contributed by atoms with Crippen molar-refractivity contribution >= 4 is 21.6 Å². The van der Waals surface area contributed by atoms with Crippen LogP contribution in [0, 0.1) is 0 Å². The highest BCUT2D eigenvalue weighted by Gasteiger charge is 2.31. The maximum absolute atomic E-state index is 12.5. The number of rotatable bonds is 6. The molecule has 2 aromatic carbocycles. The molecule has 2 aromatic rings. The molecule has 3 rings (SSSR count). The molecule has 0 bridgehead atoms. The third-order valence-electron chi connectivity index (χ3n) is 4.37. The first-order valence-corrected chi connectivity index (χ1v) is 10.5. The fourth-order valence-electron chi connectivity index (χ4n) is 2.99. The standard InChI is InChI=1S/C20H24N2O5S/c1-5-22(6-2)28(24,25)16-10-7-14(8-11-16)19(23)21-15-9-12-17-18(13-15)27-20(3,4)26-17/h7-13H,5-6H2,1-4H3,(H,21,23). The number of hydrogen-bond donors (Lipinski definition) is 1. The van der Waals surface area contributed by atoms with Crippen LogP contribution in [0.15, 0.2) is 47.4 Å². The Bertz CT molecular complexity index is 980. The number of ether oxygens (including phenoxy) is 2. The molecule has 0 aliphatic carbocycles. The lowest BCUT2D eigenvalue weighted by atomic mass is 10.2. The predicted octanol–water partition coefficient (Wildman–Crippen LogP) is 3.48. The van der Waals surface area contributed by atoms with Gasteiger partial charge < -0.3 is 14.8 Å². The Morgan fingerprint density at radius 1 is 1.00 bits per heavy atom. The zero-order chi connectivity index (χ0) is 20.5. The molecule has 1 aliphatic heterocycles. The minimum Gasteiger partial charge on any atom is -0.449 e. The van der Waals surface area contributed by atoms with E-state index in [0.29, 0.717) is 35.8 Å². The number of fused-ring (bicyclic) bond motifs is 1. The Balaban J connectivity index is 1.74. The van der Waals surface area contributed by atoms with E-state index in [1.54, 1.807) is 45.9 Å².